The highest BCUT2D eigenvalue weighted by molar-refractivity contribution is 5.94. The zero-order valence-electron chi connectivity index (χ0n) is 13.5. The molecule has 3 rings (SSSR count). The highest BCUT2D eigenvalue weighted by atomic mass is 16.5. The van der Waals surface area contributed by atoms with Crippen LogP contribution in [0.25, 0.3) is 0 Å². The molecule has 0 unspecified atom stereocenters. The van der Waals surface area contributed by atoms with Gasteiger partial charge in [-0.15, -0.1) is 0 Å². The van der Waals surface area contributed by atoms with Gasteiger partial charge in [0.05, 0.1) is 6.10 Å². The van der Waals surface area contributed by atoms with Crippen LogP contribution >= 0.6 is 0 Å². The summed E-state index contributed by atoms with van der Waals surface area (Å²) in [7, 11) is 0. The Kier molecular flexibility index (Phi) is 4.71. The van der Waals surface area contributed by atoms with Crippen LogP contribution in [0.15, 0.2) is 28.8 Å². The van der Waals surface area contributed by atoms with Crippen LogP contribution in [0.1, 0.15) is 40.5 Å². The van der Waals surface area contributed by atoms with Crippen molar-refractivity contribution in [2.45, 2.75) is 39.4 Å². The molecule has 1 aliphatic rings. The van der Waals surface area contributed by atoms with E-state index in [1.54, 1.807) is 6.92 Å². The Morgan fingerprint density at radius 1 is 1.35 bits per heavy atom. The SMILES string of the molecule is Cc1cccc(C(=O)N2CCC(OCc3nc(C)no3)CC2)c1. The lowest BCUT2D eigenvalue weighted by Crippen LogP contribution is -2.40. The highest BCUT2D eigenvalue weighted by Crippen LogP contribution is 2.18. The fraction of sp³-hybridized carbons (Fsp3) is 0.471. The number of benzene rings is 1. The number of piperidine rings is 1. The lowest BCUT2D eigenvalue weighted by atomic mass is 10.1. The zero-order valence-corrected chi connectivity index (χ0v) is 13.5. The van der Waals surface area contributed by atoms with Crippen LogP contribution < -0.4 is 0 Å². The van der Waals surface area contributed by atoms with E-state index in [-0.39, 0.29) is 12.0 Å². The molecule has 0 atom stereocenters. The van der Waals surface area contributed by atoms with Gasteiger partial charge in [0.25, 0.3) is 11.8 Å². The van der Waals surface area contributed by atoms with Crippen LogP contribution in [-0.2, 0) is 11.3 Å². The molecule has 6 nitrogen and oxygen atoms in total. The van der Waals surface area contributed by atoms with E-state index in [2.05, 4.69) is 10.1 Å². The Labute approximate surface area is 135 Å². The van der Waals surface area contributed by atoms with Crippen LogP contribution in [0.3, 0.4) is 0 Å². The summed E-state index contributed by atoms with van der Waals surface area (Å²) < 4.78 is 10.8. The molecule has 1 aromatic carbocycles. The molecule has 1 saturated heterocycles. The van der Waals surface area contributed by atoms with Gasteiger partial charge in [-0.2, -0.15) is 4.98 Å². The van der Waals surface area contributed by atoms with Crippen molar-refractivity contribution in [1.29, 1.82) is 0 Å². The summed E-state index contributed by atoms with van der Waals surface area (Å²) in [4.78, 5) is 18.5. The summed E-state index contributed by atoms with van der Waals surface area (Å²) in [5.74, 6) is 1.21. The number of rotatable bonds is 4. The molecule has 0 N–H and O–H groups in total. The predicted octanol–water partition coefficient (Wildman–Crippen LogP) is 2.51. The van der Waals surface area contributed by atoms with E-state index >= 15 is 0 Å². The van der Waals surface area contributed by atoms with Crippen molar-refractivity contribution in [2.24, 2.45) is 0 Å². The smallest absolute Gasteiger partial charge is 0.253 e. The van der Waals surface area contributed by atoms with Crippen molar-refractivity contribution in [3.8, 4) is 0 Å². The summed E-state index contributed by atoms with van der Waals surface area (Å²) in [6, 6.07) is 7.72. The second-order valence-electron chi connectivity index (χ2n) is 5.91. The lowest BCUT2D eigenvalue weighted by molar-refractivity contribution is -0.00978. The monoisotopic (exact) mass is 315 g/mol. The molecule has 0 bridgehead atoms. The molecular weight excluding hydrogens is 294 g/mol. The Hall–Kier alpha value is -2.21. The number of aryl methyl sites for hydroxylation is 2. The average Bonchev–Trinajstić information content (AvgIpc) is 2.98. The molecule has 6 heteroatoms. The van der Waals surface area contributed by atoms with Gasteiger partial charge in [-0.1, -0.05) is 22.9 Å². The van der Waals surface area contributed by atoms with Gasteiger partial charge in [0, 0.05) is 18.7 Å². The standard InChI is InChI=1S/C17H21N3O3/c1-12-4-3-5-14(10-12)17(21)20-8-6-15(7-9-20)22-11-16-18-13(2)19-23-16/h3-5,10,15H,6-9,11H2,1-2H3. The summed E-state index contributed by atoms with van der Waals surface area (Å²) in [6.07, 6.45) is 1.78. The molecule has 1 amide bonds. The van der Waals surface area contributed by atoms with E-state index in [0.29, 0.717) is 31.4 Å². The molecule has 2 aromatic rings. The molecular formula is C17H21N3O3. The number of hydrogen-bond donors (Lipinski definition) is 0. The number of aromatic nitrogens is 2. The largest absolute Gasteiger partial charge is 0.368 e. The first-order valence-corrected chi connectivity index (χ1v) is 7.88. The van der Waals surface area contributed by atoms with E-state index in [0.717, 1.165) is 24.0 Å². The minimum Gasteiger partial charge on any atom is -0.368 e. The summed E-state index contributed by atoms with van der Waals surface area (Å²) in [5, 5.41) is 3.74. The molecule has 1 aliphatic heterocycles. The van der Waals surface area contributed by atoms with Crippen LogP contribution in [0, 0.1) is 13.8 Å². The maximum Gasteiger partial charge on any atom is 0.253 e. The van der Waals surface area contributed by atoms with E-state index in [4.69, 9.17) is 9.26 Å². The minimum absolute atomic E-state index is 0.0969. The number of ether oxygens (including phenoxy) is 1. The first-order chi connectivity index (χ1) is 11.1. The van der Waals surface area contributed by atoms with Crippen LogP contribution in [0.2, 0.25) is 0 Å². The Morgan fingerprint density at radius 2 is 2.13 bits per heavy atom. The highest BCUT2D eigenvalue weighted by Gasteiger charge is 2.24. The predicted molar refractivity (Wildman–Crippen MR) is 83.9 cm³/mol. The first-order valence-electron chi connectivity index (χ1n) is 7.88. The number of hydrogen-bond acceptors (Lipinski definition) is 5. The summed E-state index contributed by atoms with van der Waals surface area (Å²) in [6.45, 7) is 5.52. The molecule has 23 heavy (non-hydrogen) atoms. The van der Waals surface area contributed by atoms with E-state index in [1.165, 1.54) is 0 Å². The van der Waals surface area contributed by atoms with Gasteiger partial charge in [-0.3, -0.25) is 4.79 Å². The second kappa shape index (κ2) is 6.91. The van der Waals surface area contributed by atoms with Crippen molar-refractivity contribution in [3.63, 3.8) is 0 Å². The average molecular weight is 315 g/mol. The second-order valence-corrected chi connectivity index (χ2v) is 5.91. The molecule has 2 heterocycles. The molecule has 0 radical (unpaired) electrons. The van der Waals surface area contributed by atoms with Crippen molar-refractivity contribution >= 4 is 5.91 Å². The summed E-state index contributed by atoms with van der Waals surface area (Å²) >= 11 is 0. The fourth-order valence-electron chi connectivity index (χ4n) is 2.77. The van der Waals surface area contributed by atoms with Gasteiger partial charge in [0.15, 0.2) is 5.82 Å². The molecule has 0 aliphatic carbocycles. The first kappa shape index (κ1) is 15.7. The normalized spacial score (nSPS) is 15.8. The van der Waals surface area contributed by atoms with Gasteiger partial charge in [-0.25, -0.2) is 0 Å². The molecule has 0 spiro atoms. The van der Waals surface area contributed by atoms with E-state index < -0.39 is 0 Å². The Balaban J connectivity index is 1.49. The van der Waals surface area contributed by atoms with Crippen molar-refractivity contribution in [2.75, 3.05) is 13.1 Å². The van der Waals surface area contributed by atoms with Gasteiger partial charge >= 0.3 is 0 Å². The maximum atomic E-state index is 12.5. The summed E-state index contributed by atoms with van der Waals surface area (Å²) in [5.41, 5.74) is 1.86. The Bertz CT molecular complexity index is 675. The topological polar surface area (TPSA) is 68.5 Å². The third-order valence-electron chi connectivity index (χ3n) is 4.01. The number of carbonyl (C=O) groups is 1. The van der Waals surface area contributed by atoms with Crippen molar-refractivity contribution < 1.29 is 14.1 Å². The van der Waals surface area contributed by atoms with Crippen LogP contribution in [0.4, 0.5) is 0 Å². The number of likely N-dealkylation sites (tertiary alicyclic amines) is 1. The molecule has 1 fully saturated rings. The molecule has 1 aromatic heterocycles. The number of nitrogens with zero attached hydrogens (tertiary/aromatic N) is 3. The van der Waals surface area contributed by atoms with Gasteiger partial charge in [0.2, 0.25) is 0 Å². The third kappa shape index (κ3) is 3.96. The number of amides is 1. The van der Waals surface area contributed by atoms with Gasteiger partial charge in [0.1, 0.15) is 6.61 Å². The number of carbonyl (C=O) groups excluding carboxylic acids is 1. The van der Waals surface area contributed by atoms with Crippen LogP contribution in [0.5, 0.6) is 0 Å². The fourth-order valence-corrected chi connectivity index (χ4v) is 2.77. The van der Waals surface area contributed by atoms with E-state index in [9.17, 15) is 4.79 Å². The third-order valence-corrected chi connectivity index (χ3v) is 4.01. The van der Waals surface area contributed by atoms with Gasteiger partial charge in [-0.05, 0) is 38.8 Å². The Morgan fingerprint density at radius 3 is 2.78 bits per heavy atom. The van der Waals surface area contributed by atoms with Crippen molar-refractivity contribution in [1.82, 2.24) is 15.0 Å². The lowest BCUT2D eigenvalue weighted by Gasteiger charge is -2.31. The van der Waals surface area contributed by atoms with Crippen LogP contribution in [-0.4, -0.2) is 40.1 Å². The maximum absolute atomic E-state index is 12.5. The quantitative estimate of drug-likeness (QED) is 0.867. The molecule has 0 saturated carbocycles. The van der Waals surface area contributed by atoms with Gasteiger partial charge < -0.3 is 14.2 Å². The minimum atomic E-state index is 0.0969. The zero-order chi connectivity index (χ0) is 16.2. The molecule has 122 valence electrons. The van der Waals surface area contributed by atoms with E-state index in [1.807, 2.05) is 36.1 Å². The van der Waals surface area contributed by atoms with Crippen molar-refractivity contribution in [3.05, 3.63) is 47.1 Å².